The smallest absolute Gasteiger partial charge is 0.212 e. The Kier molecular flexibility index (Phi) is 8.33. The monoisotopic (exact) mass is 520 g/mol. The van der Waals surface area contributed by atoms with Crippen LogP contribution in [0.3, 0.4) is 0 Å². The van der Waals surface area contributed by atoms with Crippen molar-refractivity contribution in [3.05, 3.63) is 106 Å². The summed E-state index contributed by atoms with van der Waals surface area (Å²) in [5.74, 6) is 2.48. The first-order valence-corrected chi connectivity index (χ1v) is 12.6. The van der Waals surface area contributed by atoms with Gasteiger partial charge in [-0.2, -0.15) is 9.78 Å². The maximum atomic E-state index is 5.95. The molecule has 3 aromatic carbocycles. The summed E-state index contributed by atoms with van der Waals surface area (Å²) < 4.78 is 8.88. The summed E-state index contributed by atoms with van der Waals surface area (Å²) in [6, 6.07) is 26.4. The van der Waals surface area contributed by atoms with E-state index in [9.17, 15) is 0 Å². The maximum absolute atomic E-state index is 5.95. The van der Waals surface area contributed by atoms with Crippen LogP contribution in [0.1, 0.15) is 35.9 Å². The van der Waals surface area contributed by atoms with Crippen molar-refractivity contribution in [3.63, 3.8) is 0 Å². The minimum atomic E-state index is 0.532. The van der Waals surface area contributed by atoms with Gasteiger partial charge in [-0.25, -0.2) is 0 Å². The van der Waals surface area contributed by atoms with Gasteiger partial charge in [-0.15, -0.1) is 10.2 Å². The number of nitrogens with zero attached hydrogens (tertiary/aromatic N) is 4. The van der Waals surface area contributed by atoms with Gasteiger partial charge in [0.05, 0.1) is 6.21 Å². The van der Waals surface area contributed by atoms with Gasteiger partial charge in [0.1, 0.15) is 12.4 Å². The van der Waals surface area contributed by atoms with Crippen molar-refractivity contribution >= 4 is 33.9 Å². The van der Waals surface area contributed by atoms with Crippen molar-refractivity contribution in [1.82, 2.24) is 14.9 Å². The zero-order valence-electron chi connectivity index (χ0n) is 18.4. The summed E-state index contributed by atoms with van der Waals surface area (Å²) in [6.45, 7) is 2.66. The Morgan fingerprint density at radius 1 is 0.970 bits per heavy atom. The molecular weight excluding hydrogens is 496 g/mol. The Balaban J connectivity index is 1.47. The van der Waals surface area contributed by atoms with E-state index in [1.54, 1.807) is 11.8 Å². The molecule has 0 saturated heterocycles. The van der Waals surface area contributed by atoms with E-state index < -0.39 is 0 Å². The van der Waals surface area contributed by atoms with E-state index in [1.807, 2.05) is 65.5 Å². The van der Waals surface area contributed by atoms with E-state index >= 15 is 0 Å². The average molecular weight is 521 g/mol. The van der Waals surface area contributed by atoms with Crippen molar-refractivity contribution in [2.24, 2.45) is 5.10 Å². The van der Waals surface area contributed by atoms with Gasteiger partial charge in [0, 0.05) is 16.6 Å². The lowest BCUT2D eigenvalue weighted by Gasteiger charge is -2.07. The molecule has 0 atom stereocenters. The highest BCUT2D eigenvalue weighted by Gasteiger charge is 2.12. The molecule has 4 rings (SSSR count). The Bertz CT molecular complexity index is 1190. The van der Waals surface area contributed by atoms with E-state index in [0.717, 1.165) is 50.9 Å². The zero-order chi connectivity index (χ0) is 22.9. The van der Waals surface area contributed by atoms with Crippen molar-refractivity contribution in [2.75, 3.05) is 0 Å². The molecule has 1 heterocycles. The van der Waals surface area contributed by atoms with Crippen LogP contribution in [0.25, 0.3) is 0 Å². The van der Waals surface area contributed by atoms with Crippen LogP contribution < -0.4 is 4.74 Å². The number of halogens is 1. The van der Waals surface area contributed by atoms with E-state index in [-0.39, 0.29) is 0 Å². The molecule has 0 amide bonds. The molecule has 0 N–H and O–H groups in total. The van der Waals surface area contributed by atoms with E-state index in [4.69, 9.17) is 9.84 Å². The third kappa shape index (κ3) is 6.79. The number of rotatable bonds is 10. The van der Waals surface area contributed by atoms with Crippen LogP contribution in [0.15, 0.2) is 93.6 Å². The molecule has 5 nitrogen and oxygen atoms in total. The quantitative estimate of drug-likeness (QED) is 0.171. The highest BCUT2D eigenvalue weighted by atomic mass is 79.9. The van der Waals surface area contributed by atoms with Crippen molar-refractivity contribution in [2.45, 2.75) is 37.3 Å². The molecule has 0 aliphatic rings. The largest absolute Gasteiger partial charge is 0.489 e. The van der Waals surface area contributed by atoms with Gasteiger partial charge in [-0.05, 0) is 47.4 Å². The minimum Gasteiger partial charge on any atom is -0.489 e. The lowest BCUT2D eigenvalue weighted by Crippen LogP contribution is -2.00. The SMILES string of the molecule is CCCc1nnc(SCc2ccc(Br)cc2)n1/N=C\c1cccc(OCc2ccccc2)c1. The zero-order valence-corrected chi connectivity index (χ0v) is 20.8. The van der Waals surface area contributed by atoms with Gasteiger partial charge in [0.25, 0.3) is 0 Å². The predicted octanol–water partition coefficient (Wildman–Crippen LogP) is 6.75. The Hall–Kier alpha value is -2.90. The van der Waals surface area contributed by atoms with E-state index in [0.29, 0.717) is 6.61 Å². The molecule has 33 heavy (non-hydrogen) atoms. The second-order valence-electron chi connectivity index (χ2n) is 7.47. The van der Waals surface area contributed by atoms with Gasteiger partial charge in [0.15, 0.2) is 5.82 Å². The van der Waals surface area contributed by atoms with Crippen LogP contribution in [-0.4, -0.2) is 21.1 Å². The molecule has 0 bridgehead atoms. The fourth-order valence-corrected chi connectivity index (χ4v) is 4.29. The molecule has 168 valence electrons. The van der Waals surface area contributed by atoms with E-state index in [2.05, 4.69) is 57.3 Å². The molecule has 0 aliphatic carbocycles. The van der Waals surface area contributed by atoms with Gasteiger partial charge < -0.3 is 4.74 Å². The molecule has 0 aliphatic heterocycles. The normalized spacial score (nSPS) is 11.2. The number of hydrogen-bond acceptors (Lipinski definition) is 5. The predicted molar refractivity (Wildman–Crippen MR) is 138 cm³/mol. The molecule has 0 radical (unpaired) electrons. The highest BCUT2D eigenvalue weighted by Crippen LogP contribution is 2.23. The van der Waals surface area contributed by atoms with Gasteiger partial charge >= 0.3 is 0 Å². The second-order valence-corrected chi connectivity index (χ2v) is 9.33. The summed E-state index contributed by atoms with van der Waals surface area (Å²) in [4.78, 5) is 0. The number of hydrogen-bond donors (Lipinski definition) is 0. The third-order valence-corrected chi connectivity index (χ3v) is 6.38. The fraction of sp³-hybridized carbons (Fsp3) is 0.192. The molecular formula is C26H25BrN4OS. The standard InChI is InChI=1S/C26H25BrN4OS/c1-2-7-25-29-30-26(33-19-21-12-14-23(27)15-13-21)31(25)28-17-22-10-6-11-24(16-22)32-18-20-8-4-3-5-9-20/h3-6,8-17H,2,7,18-19H2,1H3/b28-17-. The number of ether oxygens (including phenoxy) is 1. The van der Waals surface area contributed by atoms with Crippen molar-refractivity contribution in [3.8, 4) is 5.75 Å². The number of benzene rings is 3. The lowest BCUT2D eigenvalue weighted by atomic mass is 10.2. The molecule has 0 unspecified atom stereocenters. The molecule has 0 spiro atoms. The van der Waals surface area contributed by atoms with Gasteiger partial charge in [0.2, 0.25) is 5.16 Å². The Labute approximate surface area is 207 Å². The van der Waals surface area contributed by atoms with Crippen molar-refractivity contribution in [1.29, 1.82) is 0 Å². The van der Waals surface area contributed by atoms with Gasteiger partial charge in [-0.1, -0.05) is 89.2 Å². The summed E-state index contributed by atoms with van der Waals surface area (Å²) in [5.41, 5.74) is 3.32. The van der Waals surface area contributed by atoms with Crippen molar-refractivity contribution < 1.29 is 4.74 Å². The van der Waals surface area contributed by atoms with Crippen LogP contribution in [0, 0.1) is 0 Å². The fourth-order valence-electron chi connectivity index (χ4n) is 3.16. The Morgan fingerprint density at radius 2 is 1.79 bits per heavy atom. The summed E-state index contributed by atoms with van der Waals surface area (Å²) in [7, 11) is 0. The third-order valence-electron chi connectivity index (χ3n) is 4.86. The first-order chi connectivity index (χ1) is 16.2. The highest BCUT2D eigenvalue weighted by molar-refractivity contribution is 9.10. The maximum Gasteiger partial charge on any atom is 0.212 e. The minimum absolute atomic E-state index is 0.532. The first kappa shape index (κ1) is 23.3. The average Bonchev–Trinajstić information content (AvgIpc) is 3.23. The van der Waals surface area contributed by atoms with E-state index in [1.165, 1.54) is 5.56 Å². The lowest BCUT2D eigenvalue weighted by molar-refractivity contribution is 0.306. The summed E-state index contributed by atoms with van der Waals surface area (Å²) in [5, 5.41) is 14.3. The molecule has 7 heteroatoms. The number of aromatic nitrogens is 3. The Morgan fingerprint density at radius 3 is 2.58 bits per heavy atom. The first-order valence-electron chi connectivity index (χ1n) is 10.8. The number of thioether (sulfide) groups is 1. The van der Waals surface area contributed by atoms with Crippen LogP contribution in [0.4, 0.5) is 0 Å². The molecule has 1 aromatic heterocycles. The van der Waals surface area contributed by atoms with Crippen LogP contribution in [0.2, 0.25) is 0 Å². The summed E-state index contributed by atoms with van der Waals surface area (Å²) in [6.07, 6.45) is 3.64. The molecule has 4 aromatic rings. The van der Waals surface area contributed by atoms with Crippen LogP contribution in [0.5, 0.6) is 5.75 Å². The topological polar surface area (TPSA) is 52.3 Å². The second kappa shape index (κ2) is 11.8. The molecule has 0 saturated carbocycles. The van der Waals surface area contributed by atoms with Crippen LogP contribution in [-0.2, 0) is 18.8 Å². The van der Waals surface area contributed by atoms with Crippen LogP contribution >= 0.6 is 27.7 Å². The number of aryl methyl sites for hydroxylation is 1. The van der Waals surface area contributed by atoms with Gasteiger partial charge in [-0.3, -0.25) is 0 Å². The molecule has 0 fully saturated rings. The summed E-state index contributed by atoms with van der Waals surface area (Å²) >= 11 is 5.11.